The van der Waals surface area contributed by atoms with Crippen molar-refractivity contribution in [3.8, 4) is 5.82 Å². The van der Waals surface area contributed by atoms with Gasteiger partial charge in [0.15, 0.2) is 0 Å². The lowest BCUT2D eigenvalue weighted by Gasteiger charge is -2.35. The molecule has 2 saturated heterocycles. The van der Waals surface area contributed by atoms with E-state index < -0.39 is 5.54 Å². The average molecular weight is 437 g/mol. The van der Waals surface area contributed by atoms with Gasteiger partial charge in [0, 0.05) is 26.0 Å². The molecule has 2 aromatic heterocycles. The van der Waals surface area contributed by atoms with Gasteiger partial charge in [-0.1, -0.05) is 25.3 Å². The van der Waals surface area contributed by atoms with Crippen LogP contribution in [0.4, 0.5) is 4.79 Å². The summed E-state index contributed by atoms with van der Waals surface area (Å²) in [4.78, 5) is 52.8. The lowest BCUT2D eigenvalue weighted by atomic mass is 9.81. The fourth-order valence-electron chi connectivity index (χ4n) is 5.43. The van der Waals surface area contributed by atoms with Crippen molar-refractivity contribution < 1.29 is 14.4 Å². The van der Waals surface area contributed by atoms with Crippen LogP contribution in [-0.2, 0) is 9.59 Å². The highest BCUT2D eigenvalue weighted by Gasteiger charge is 2.56. The van der Waals surface area contributed by atoms with Crippen LogP contribution in [0.3, 0.4) is 0 Å². The highest BCUT2D eigenvalue weighted by molar-refractivity contribution is 6.09. The Morgan fingerprint density at radius 1 is 1.16 bits per heavy atom. The number of rotatable bonds is 4. The first-order valence-corrected chi connectivity index (χ1v) is 11.4. The number of nitrogens with zero attached hydrogens (tertiary/aromatic N) is 6. The lowest BCUT2D eigenvalue weighted by molar-refractivity contribution is -0.141. The number of pyridine rings is 1. The van der Waals surface area contributed by atoms with Gasteiger partial charge < -0.3 is 9.80 Å². The molecule has 1 spiro atoms. The van der Waals surface area contributed by atoms with Gasteiger partial charge in [0.1, 0.15) is 24.2 Å². The van der Waals surface area contributed by atoms with Gasteiger partial charge in [-0.3, -0.25) is 19.1 Å². The number of likely N-dealkylation sites (N-methyl/N-ethyl adjacent to an activating group) is 1. The fourth-order valence-corrected chi connectivity index (χ4v) is 5.43. The molecule has 5 rings (SSSR count). The summed E-state index contributed by atoms with van der Waals surface area (Å²) in [6, 6.07) is 5.22. The number of aromatic nitrogens is 3. The molecule has 1 atom stereocenters. The summed E-state index contributed by atoms with van der Waals surface area (Å²) in [6.07, 6.45) is 11.2. The molecule has 0 bridgehead atoms. The van der Waals surface area contributed by atoms with Crippen molar-refractivity contribution >= 4 is 17.8 Å². The van der Waals surface area contributed by atoms with Gasteiger partial charge in [0.05, 0.1) is 11.7 Å². The van der Waals surface area contributed by atoms with E-state index >= 15 is 0 Å². The number of hydrogen-bond donors (Lipinski definition) is 0. The Balaban J connectivity index is 1.34. The summed E-state index contributed by atoms with van der Waals surface area (Å²) in [6.45, 7) is 0.388. The third-order valence-corrected chi connectivity index (χ3v) is 7.22. The minimum Gasteiger partial charge on any atom is -0.333 e. The third-order valence-electron chi connectivity index (χ3n) is 7.22. The van der Waals surface area contributed by atoms with Gasteiger partial charge in [-0.15, -0.1) is 0 Å². The maximum Gasteiger partial charge on any atom is 0.327 e. The summed E-state index contributed by atoms with van der Waals surface area (Å²) in [7, 11) is 1.69. The second-order valence-electron chi connectivity index (χ2n) is 8.96. The zero-order valence-electron chi connectivity index (χ0n) is 18.3. The summed E-state index contributed by atoms with van der Waals surface area (Å²) >= 11 is 0. The Morgan fingerprint density at radius 3 is 2.72 bits per heavy atom. The van der Waals surface area contributed by atoms with Gasteiger partial charge in [0.25, 0.3) is 5.91 Å². The molecule has 32 heavy (non-hydrogen) atoms. The number of likely N-dealkylation sites (tertiary alicyclic amines) is 1. The molecule has 4 amide bonds. The van der Waals surface area contributed by atoms with Crippen LogP contribution in [0.15, 0.2) is 36.9 Å². The molecule has 0 aromatic carbocycles. The van der Waals surface area contributed by atoms with Crippen molar-refractivity contribution in [2.24, 2.45) is 0 Å². The molecule has 4 heterocycles. The van der Waals surface area contributed by atoms with Gasteiger partial charge >= 0.3 is 6.03 Å². The predicted octanol–water partition coefficient (Wildman–Crippen LogP) is 2.53. The molecule has 3 fully saturated rings. The molecule has 2 aliphatic heterocycles. The normalized spacial score (nSPS) is 22.9. The standard InChI is InChI=1S/C23H28N6O3/c1-26-22(32)29(21(31)23(26)10-3-2-4-11-23)15-20(30)28-13-6-8-18(28)17-7-5-9-19(25-17)27-14-12-24-16-27/h5,7,9,12,14,16,18H,2-4,6,8,10-11,13,15H2,1H3. The number of urea groups is 1. The van der Waals surface area contributed by atoms with Crippen molar-refractivity contribution in [2.75, 3.05) is 20.1 Å². The topological polar surface area (TPSA) is 91.6 Å². The van der Waals surface area contributed by atoms with Crippen LogP contribution in [0.2, 0.25) is 0 Å². The molecule has 9 nitrogen and oxygen atoms in total. The van der Waals surface area contributed by atoms with E-state index in [9.17, 15) is 14.4 Å². The second-order valence-corrected chi connectivity index (χ2v) is 8.96. The maximum atomic E-state index is 13.3. The Morgan fingerprint density at radius 2 is 1.97 bits per heavy atom. The quantitative estimate of drug-likeness (QED) is 0.687. The molecule has 1 aliphatic carbocycles. The molecule has 2 aromatic rings. The van der Waals surface area contributed by atoms with Crippen LogP contribution in [-0.4, -0.2) is 72.8 Å². The summed E-state index contributed by atoms with van der Waals surface area (Å²) < 4.78 is 1.83. The molecule has 1 unspecified atom stereocenters. The van der Waals surface area contributed by atoms with Crippen molar-refractivity contribution in [3.63, 3.8) is 0 Å². The van der Waals surface area contributed by atoms with Crippen molar-refractivity contribution in [2.45, 2.75) is 56.5 Å². The lowest BCUT2D eigenvalue weighted by Crippen LogP contribution is -2.49. The third kappa shape index (κ3) is 3.27. The second kappa shape index (κ2) is 8.03. The van der Waals surface area contributed by atoms with Crippen LogP contribution in [0, 0.1) is 0 Å². The molecule has 0 radical (unpaired) electrons. The molecular formula is C23H28N6O3. The number of imide groups is 1. The first kappa shape index (κ1) is 20.7. The van der Waals surface area contributed by atoms with Crippen LogP contribution in [0.5, 0.6) is 0 Å². The Labute approximate surface area is 187 Å². The van der Waals surface area contributed by atoms with Crippen LogP contribution >= 0.6 is 0 Å². The highest BCUT2D eigenvalue weighted by Crippen LogP contribution is 2.40. The van der Waals surface area contributed by atoms with E-state index in [1.54, 1.807) is 29.4 Å². The monoisotopic (exact) mass is 436 g/mol. The first-order valence-electron chi connectivity index (χ1n) is 11.4. The average Bonchev–Trinajstić information content (AvgIpc) is 3.56. The summed E-state index contributed by atoms with van der Waals surface area (Å²) in [5.74, 6) is 0.324. The van der Waals surface area contributed by atoms with Crippen molar-refractivity contribution in [1.29, 1.82) is 0 Å². The fraction of sp³-hybridized carbons (Fsp3) is 0.522. The van der Waals surface area contributed by atoms with Gasteiger partial charge in [-0.25, -0.2) is 14.8 Å². The molecule has 3 aliphatic rings. The van der Waals surface area contributed by atoms with E-state index in [2.05, 4.69) is 4.98 Å². The van der Waals surface area contributed by atoms with Crippen LogP contribution in [0.25, 0.3) is 5.82 Å². The molecule has 168 valence electrons. The zero-order valence-corrected chi connectivity index (χ0v) is 18.3. The zero-order chi connectivity index (χ0) is 22.3. The van der Waals surface area contributed by atoms with E-state index in [4.69, 9.17) is 4.98 Å². The van der Waals surface area contributed by atoms with Gasteiger partial charge in [-0.2, -0.15) is 0 Å². The number of amides is 4. The van der Waals surface area contributed by atoms with Crippen LogP contribution in [0.1, 0.15) is 56.7 Å². The summed E-state index contributed by atoms with van der Waals surface area (Å²) in [5.41, 5.74) is 0.0442. The predicted molar refractivity (Wildman–Crippen MR) is 116 cm³/mol. The molecule has 9 heteroatoms. The van der Waals surface area contributed by atoms with Crippen LogP contribution < -0.4 is 0 Å². The Hall–Kier alpha value is -3.23. The maximum absolute atomic E-state index is 13.3. The number of carbonyl (C=O) groups is 3. The minimum atomic E-state index is -0.763. The Kier molecular flexibility index (Phi) is 5.19. The number of carbonyl (C=O) groups excluding carboxylic acids is 3. The number of imidazole rings is 1. The molecule has 1 saturated carbocycles. The SMILES string of the molecule is CN1C(=O)N(CC(=O)N2CCCC2c2cccc(-n3ccnc3)n2)C(=O)C12CCCCC2. The first-order chi connectivity index (χ1) is 15.5. The number of hydrogen-bond acceptors (Lipinski definition) is 5. The largest absolute Gasteiger partial charge is 0.333 e. The Bertz CT molecular complexity index is 1030. The van der Waals surface area contributed by atoms with Crippen molar-refractivity contribution in [1.82, 2.24) is 29.2 Å². The van der Waals surface area contributed by atoms with E-state index in [0.29, 0.717) is 19.4 Å². The molecule has 0 N–H and O–H groups in total. The minimum absolute atomic E-state index is 0.167. The van der Waals surface area contributed by atoms with E-state index in [1.807, 2.05) is 29.0 Å². The van der Waals surface area contributed by atoms with Gasteiger partial charge in [0.2, 0.25) is 5.91 Å². The summed E-state index contributed by atoms with van der Waals surface area (Å²) in [5, 5.41) is 0. The molecular weight excluding hydrogens is 408 g/mol. The smallest absolute Gasteiger partial charge is 0.327 e. The van der Waals surface area contributed by atoms with E-state index in [-0.39, 0.29) is 30.4 Å². The van der Waals surface area contributed by atoms with E-state index in [0.717, 1.165) is 43.6 Å². The van der Waals surface area contributed by atoms with Crippen molar-refractivity contribution in [3.05, 3.63) is 42.6 Å². The highest BCUT2D eigenvalue weighted by atomic mass is 16.2. The van der Waals surface area contributed by atoms with Gasteiger partial charge in [-0.05, 0) is 37.8 Å². The van der Waals surface area contributed by atoms with E-state index in [1.165, 1.54) is 4.90 Å².